The summed E-state index contributed by atoms with van der Waals surface area (Å²) in [6, 6.07) is 12.0. The smallest absolute Gasteiger partial charge is 0.268 e. The van der Waals surface area contributed by atoms with E-state index in [4.69, 9.17) is 16.4 Å². The van der Waals surface area contributed by atoms with Crippen molar-refractivity contribution in [2.24, 2.45) is 5.16 Å². The Bertz CT molecular complexity index is 795. The van der Waals surface area contributed by atoms with Gasteiger partial charge in [0.1, 0.15) is 5.75 Å². The summed E-state index contributed by atoms with van der Waals surface area (Å²) in [6.45, 7) is 0. The molecule has 1 amide bonds. The van der Waals surface area contributed by atoms with Gasteiger partial charge in [0, 0.05) is 21.5 Å². The van der Waals surface area contributed by atoms with Crippen LogP contribution in [0.3, 0.4) is 0 Å². The van der Waals surface area contributed by atoms with E-state index in [0.29, 0.717) is 22.8 Å². The highest BCUT2D eigenvalue weighted by molar-refractivity contribution is 9.10. The molecular weight excluding hydrogens is 384 g/mol. The second kappa shape index (κ2) is 6.60. The molecule has 0 bridgehead atoms. The van der Waals surface area contributed by atoms with Gasteiger partial charge in [-0.15, -0.1) is 0 Å². The van der Waals surface area contributed by atoms with E-state index < -0.39 is 6.10 Å². The van der Waals surface area contributed by atoms with E-state index in [2.05, 4.69) is 26.4 Å². The highest BCUT2D eigenvalue weighted by Crippen LogP contribution is 2.28. The Morgan fingerprint density at radius 2 is 2.13 bits per heavy atom. The first-order valence-corrected chi connectivity index (χ1v) is 7.98. The molecule has 2 aromatic rings. The maximum atomic E-state index is 12.3. The van der Waals surface area contributed by atoms with Gasteiger partial charge in [-0.2, -0.15) is 0 Å². The predicted molar refractivity (Wildman–Crippen MR) is 91.9 cm³/mol. The number of carbonyl (C=O) groups is 1. The van der Waals surface area contributed by atoms with E-state index in [1.54, 1.807) is 18.2 Å². The first-order valence-electron chi connectivity index (χ1n) is 6.81. The van der Waals surface area contributed by atoms with Crippen molar-refractivity contribution in [1.82, 2.24) is 0 Å². The number of halogens is 2. The van der Waals surface area contributed by atoms with Gasteiger partial charge in [0.25, 0.3) is 5.91 Å². The van der Waals surface area contributed by atoms with Crippen LogP contribution < -0.4 is 5.32 Å². The fraction of sp³-hybridized carbons (Fsp3) is 0.125. The third-order valence-electron chi connectivity index (χ3n) is 3.36. The Hall–Kier alpha value is -2.05. The lowest BCUT2D eigenvalue weighted by Gasteiger charge is -2.11. The summed E-state index contributed by atoms with van der Waals surface area (Å²) in [5.74, 6) is -0.406. The summed E-state index contributed by atoms with van der Waals surface area (Å²) in [5.41, 5.74) is 1.67. The van der Waals surface area contributed by atoms with E-state index in [9.17, 15) is 9.90 Å². The number of nitrogens with one attached hydrogen (secondary N) is 1. The van der Waals surface area contributed by atoms with Crippen molar-refractivity contribution in [1.29, 1.82) is 0 Å². The molecule has 0 unspecified atom stereocenters. The monoisotopic (exact) mass is 394 g/mol. The second-order valence-corrected chi connectivity index (χ2v) is 6.29. The first kappa shape index (κ1) is 15.8. The fourth-order valence-electron chi connectivity index (χ4n) is 2.19. The van der Waals surface area contributed by atoms with Gasteiger partial charge in [0.15, 0.2) is 0 Å². The van der Waals surface area contributed by atoms with Crippen LogP contribution in [0, 0.1) is 0 Å². The summed E-state index contributed by atoms with van der Waals surface area (Å²) in [4.78, 5) is 17.5. The summed E-state index contributed by atoms with van der Waals surface area (Å²) in [6.07, 6.45) is -0.454. The van der Waals surface area contributed by atoms with Gasteiger partial charge in [0.2, 0.25) is 6.10 Å². The minimum absolute atomic E-state index is 0.0215. The quantitative estimate of drug-likeness (QED) is 0.773. The molecule has 7 heteroatoms. The van der Waals surface area contributed by atoms with E-state index in [-0.39, 0.29) is 11.7 Å². The number of nitrogens with zero attached hydrogens (tertiary/aromatic N) is 1. The lowest BCUT2D eigenvalue weighted by Crippen LogP contribution is -2.28. The van der Waals surface area contributed by atoms with Crippen molar-refractivity contribution >= 4 is 44.8 Å². The van der Waals surface area contributed by atoms with Gasteiger partial charge in [-0.1, -0.05) is 50.9 Å². The maximum Gasteiger partial charge on any atom is 0.268 e. The van der Waals surface area contributed by atoms with Crippen molar-refractivity contribution in [3.63, 3.8) is 0 Å². The molecule has 3 rings (SSSR count). The molecule has 0 fully saturated rings. The van der Waals surface area contributed by atoms with Crippen molar-refractivity contribution in [3.8, 4) is 5.75 Å². The Labute approximate surface area is 146 Å². The normalized spacial score (nSPS) is 16.6. The number of hydrogen-bond acceptors (Lipinski definition) is 4. The van der Waals surface area contributed by atoms with E-state index in [0.717, 1.165) is 10.0 Å². The number of aromatic hydroxyl groups is 1. The Morgan fingerprint density at radius 1 is 1.35 bits per heavy atom. The largest absolute Gasteiger partial charge is 0.506 e. The number of amides is 1. The van der Waals surface area contributed by atoms with Crippen molar-refractivity contribution in [2.75, 3.05) is 5.32 Å². The van der Waals surface area contributed by atoms with Crippen LogP contribution in [0.5, 0.6) is 5.75 Å². The highest BCUT2D eigenvalue weighted by atomic mass is 79.9. The molecular formula is C16H12BrClN2O3. The number of rotatable bonds is 3. The maximum absolute atomic E-state index is 12.3. The van der Waals surface area contributed by atoms with Crippen molar-refractivity contribution in [3.05, 3.63) is 57.5 Å². The van der Waals surface area contributed by atoms with Crippen molar-refractivity contribution < 1.29 is 14.7 Å². The Kier molecular flexibility index (Phi) is 4.54. The van der Waals surface area contributed by atoms with Crippen LogP contribution in [-0.2, 0) is 9.63 Å². The average molecular weight is 396 g/mol. The van der Waals surface area contributed by atoms with Crippen LogP contribution in [-0.4, -0.2) is 22.8 Å². The van der Waals surface area contributed by atoms with Crippen LogP contribution in [0.1, 0.15) is 12.0 Å². The van der Waals surface area contributed by atoms with Gasteiger partial charge >= 0.3 is 0 Å². The molecule has 0 aromatic heterocycles. The van der Waals surface area contributed by atoms with Gasteiger partial charge in [-0.25, -0.2) is 0 Å². The van der Waals surface area contributed by atoms with Crippen LogP contribution in [0.2, 0.25) is 5.02 Å². The third kappa shape index (κ3) is 3.48. The zero-order chi connectivity index (χ0) is 16.4. The van der Waals surface area contributed by atoms with Gasteiger partial charge in [-0.05, 0) is 24.3 Å². The number of carbonyl (C=O) groups excluding carboxylic acids is 1. The number of anilines is 1. The van der Waals surface area contributed by atoms with Gasteiger partial charge < -0.3 is 15.3 Å². The molecule has 0 saturated heterocycles. The minimum atomic E-state index is -0.764. The highest BCUT2D eigenvalue weighted by Gasteiger charge is 2.30. The van der Waals surface area contributed by atoms with Crippen LogP contribution in [0.15, 0.2) is 52.1 Å². The number of phenols is 1. The summed E-state index contributed by atoms with van der Waals surface area (Å²) in [7, 11) is 0. The predicted octanol–water partition coefficient (Wildman–Crippen LogP) is 3.94. The fourth-order valence-corrected chi connectivity index (χ4v) is 2.80. The Morgan fingerprint density at radius 3 is 2.91 bits per heavy atom. The third-order valence-corrected chi connectivity index (χ3v) is 4.19. The van der Waals surface area contributed by atoms with Crippen LogP contribution in [0.4, 0.5) is 5.69 Å². The summed E-state index contributed by atoms with van der Waals surface area (Å²) in [5, 5.41) is 16.9. The molecule has 0 radical (unpaired) electrons. The van der Waals surface area contributed by atoms with E-state index in [1.807, 2.05) is 18.2 Å². The number of benzene rings is 2. The molecule has 0 spiro atoms. The molecule has 5 nitrogen and oxygen atoms in total. The molecule has 0 aliphatic carbocycles. The number of oxime groups is 1. The van der Waals surface area contributed by atoms with Crippen LogP contribution in [0.25, 0.3) is 0 Å². The molecule has 118 valence electrons. The second-order valence-electron chi connectivity index (χ2n) is 4.97. The summed E-state index contributed by atoms with van der Waals surface area (Å²) >= 11 is 9.41. The molecule has 0 saturated carbocycles. The topological polar surface area (TPSA) is 70.9 Å². The molecule has 1 aliphatic rings. The lowest BCUT2D eigenvalue weighted by atomic mass is 10.0. The molecule has 1 atom stereocenters. The molecule has 2 aromatic carbocycles. The molecule has 2 N–H and O–H groups in total. The number of phenolic OH excluding ortho intramolecular Hbond substituents is 1. The Balaban J connectivity index is 1.69. The van der Waals surface area contributed by atoms with Crippen LogP contribution >= 0.6 is 27.5 Å². The standard InChI is InChI=1S/C16H12BrClN2O3/c17-9-5-6-14(21)13(7-9)19-16(22)15-8-12(20-23-15)10-3-1-2-4-11(10)18/h1-7,15,21H,8H2,(H,19,22)/t15-/m0/s1. The zero-order valence-corrected chi connectivity index (χ0v) is 14.1. The van der Waals surface area contributed by atoms with Crippen molar-refractivity contribution in [2.45, 2.75) is 12.5 Å². The van der Waals surface area contributed by atoms with E-state index in [1.165, 1.54) is 6.07 Å². The zero-order valence-electron chi connectivity index (χ0n) is 11.8. The van der Waals surface area contributed by atoms with Gasteiger partial charge in [0.05, 0.1) is 11.4 Å². The first-order chi connectivity index (χ1) is 11.0. The molecule has 23 heavy (non-hydrogen) atoms. The lowest BCUT2D eigenvalue weighted by molar-refractivity contribution is -0.125. The average Bonchev–Trinajstić information content (AvgIpc) is 3.01. The van der Waals surface area contributed by atoms with E-state index >= 15 is 0 Å². The minimum Gasteiger partial charge on any atom is -0.506 e. The number of hydrogen-bond donors (Lipinski definition) is 2. The SMILES string of the molecule is O=C(Nc1cc(Br)ccc1O)[C@@H]1CC(c2ccccc2Cl)=NO1. The molecule has 1 heterocycles. The summed E-state index contributed by atoms with van der Waals surface area (Å²) < 4.78 is 0.742. The van der Waals surface area contributed by atoms with Gasteiger partial charge in [-0.3, -0.25) is 4.79 Å². The molecule has 1 aliphatic heterocycles.